The summed E-state index contributed by atoms with van der Waals surface area (Å²) in [5, 5.41) is 9.09. The predicted molar refractivity (Wildman–Crippen MR) is 47.2 cm³/mol. The van der Waals surface area contributed by atoms with E-state index in [0.717, 1.165) is 12.1 Å². The quantitative estimate of drug-likeness (QED) is 0.769. The molecule has 1 N–H and O–H groups in total. The summed E-state index contributed by atoms with van der Waals surface area (Å²) in [5.74, 6) is -1.48. The minimum absolute atomic E-state index is 0.179. The summed E-state index contributed by atoms with van der Waals surface area (Å²) in [6, 6.07) is 4.78. The molecule has 1 aromatic carbocycles. The lowest BCUT2D eigenvalue weighted by Gasteiger charge is -2.10. The van der Waals surface area contributed by atoms with Gasteiger partial charge in [-0.2, -0.15) is 13.2 Å². The molecule has 0 saturated carbocycles. The Morgan fingerprint density at radius 3 is 2.50 bits per heavy atom. The van der Waals surface area contributed by atoms with E-state index in [-0.39, 0.29) is 11.0 Å². The van der Waals surface area contributed by atoms with E-state index in [0.29, 0.717) is 0 Å². The van der Waals surface area contributed by atoms with Gasteiger partial charge < -0.3 is 9.52 Å². The van der Waals surface area contributed by atoms with Crippen LogP contribution in [0, 0.1) is 5.82 Å². The largest absolute Gasteiger partial charge is 0.455 e. The molecular weight excluding hydrogens is 228 g/mol. The van der Waals surface area contributed by atoms with Gasteiger partial charge >= 0.3 is 6.18 Å². The molecule has 2 aromatic rings. The number of aliphatic hydroxyl groups excluding tert-OH is 1. The molecule has 2 rings (SSSR count). The molecule has 16 heavy (non-hydrogen) atoms. The van der Waals surface area contributed by atoms with E-state index in [2.05, 4.69) is 4.42 Å². The van der Waals surface area contributed by atoms with Crippen LogP contribution in [0.5, 0.6) is 0 Å². The normalized spacial score (nSPS) is 14.3. The second-order valence-corrected chi connectivity index (χ2v) is 3.25. The lowest BCUT2D eigenvalue weighted by Crippen LogP contribution is -2.19. The standard InChI is InChI=1S/C10H6F4O2/c11-6-3-1-2-5-4-7(16-8(5)6)9(15)10(12,13)14/h1-4,9,15H/t9-/m1/s1. The van der Waals surface area contributed by atoms with Crippen molar-refractivity contribution in [1.29, 1.82) is 0 Å². The molecule has 0 radical (unpaired) electrons. The lowest BCUT2D eigenvalue weighted by atomic mass is 10.2. The molecule has 1 aromatic heterocycles. The molecule has 6 heteroatoms. The van der Waals surface area contributed by atoms with Crippen molar-refractivity contribution in [2.75, 3.05) is 0 Å². The summed E-state index contributed by atoms with van der Waals surface area (Å²) in [6.45, 7) is 0. The van der Waals surface area contributed by atoms with E-state index < -0.39 is 23.9 Å². The Hall–Kier alpha value is -1.56. The van der Waals surface area contributed by atoms with Gasteiger partial charge in [-0.25, -0.2) is 4.39 Å². The van der Waals surface area contributed by atoms with Gasteiger partial charge in [-0.1, -0.05) is 12.1 Å². The summed E-state index contributed by atoms with van der Waals surface area (Å²) in [6.07, 6.45) is -7.57. The molecule has 1 heterocycles. The van der Waals surface area contributed by atoms with Gasteiger partial charge in [-0.05, 0) is 12.1 Å². The molecule has 86 valence electrons. The molecule has 2 nitrogen and oxygen atoms in total. The van der Waals surface area contributed by atoms with Crippen molar-refractivity contribution in [3.05, 3.63) is 35.8 Å². The monoisotopic (exact) mass is 234 g/mol. The Morgan fingerprint density at radius 1 is 1.25 bits per heavy atom. The van der Waals surface area contributed by atoms with Crippen LogP contribution in [-0.2, 0) is 0 Å². The van der Waals surface area contributed by atoms with Gasteiger partial charge in [0, 0.05) is 5.39 Å². The first kappa shape index (κ1) is 10.9. The fourth-order valence-electron chi connectivity index (χ4n) is 1.34. The summed E-state index contributed by atoms with van der Waals surface area (Å²) in [7, 11) is 0. The van der Waals surface area contributed by atoms with Crippen molar-refractivity contribution in [3.63, 3.8) is 0 Å². The number of rotatable bonds is 1. The van der Waals surface area contributed by atoms with E-state index in [4.69, 9.17) is 5.11 Å². The number of hydrogen-bond acceptors (Lipinski definition) is 2. The Morgan fingerprint density at radius 2 is 1.94 bits per heavy atom. The summed E-state index contributed by atoms with van der Waals surface area (Å²) >= 11 is 0. The van der Waals surface area contributed by atoms with Crippen LogP contribution < -0.4 is 0 Å². The summed E-state index contributed by atoms with van der Waals surface area (Å²) < 4.78 is 54.2. The molecule has 0 amide bonds. The van der Waals surface area contributed by atoms with Crippen molar-refractivity contribution >= 4 is 11.0 Å². The molecule has 0 spiro atoms. The second-order valence-electron chi connectivity index (χ2n) is 3.25. The van der Waals surface area contributed by atoms with Crippen LogP contribution in [0.1, 0.15) is 11.9 Å². The van der Waals surface area contributed by atoms with Gasteiger partial charge in [0.25, 0.3) is 0 Å². The SMILES string of the molecule is O[C@H](c1cc2cccc(F)c2o1)C(F)(F)F. The minimum atomic E-state index is -4.83. The van der Waals surface area contributed by atoms with Crippen molar-refractivity contribution < 1.29 is 27.1 Å². The first-order chi connectivity index (χ1) is 7.39. The Balaban J connectivity index is 2.52. The lowest BCUT2D eigenvalue weighted by molar-refractivity contribution is -0.211. The Bertz CT molecular complexity index is 515. The predicted octanol–water partition coefficient (Wildman–Crippen LogP) is 3.17. The van der Waals surface area contributed by atoms with Gasteiger partial charge in [0.15, 0.2) is 11.4 Å². The molecular formula is C10H6F4O2. The fraction of sp³-hybridized carbons (Fsp3) is 0.200. The van der Waals surface area contributed by atoms with E-state index in [1.54, 1.807) is 0 Å². The van der Waals surface area contributed by atoms with Crippen LogP contribution in [0.2, 0.25) is 0 Å². The molecule has 1 atom stereocenters. The maximum absolute atomic E-state index is 13.1. The number of aliphatic hydroxyl groups is 1. The van der Waals surface area contributed by atoms with Crippen molar-refractivity contribution in [2.45, 2.75) is 12.3 Å². The number of halogens is 4. The maximum atomic E-state index is 13.1. The number of hydrogen-bond donors (Lipinski definition) is 1. The van der Waals surface area contributed by atoms with Crippen molar-refractivity contribution in [2.24, 2.45) is 0 Å². The van der Waals surface area contributed by atoms with Crippen LogP contribution in [0.3, 0.4) is 0 Å². The van der Waals surface area contributed by atoms with Crippen molar-refractivity contribution in [3.8, 4) is 0 Å². The summed E-state index contributed by atoms with van der Waals surface area (Å²) in [5.41, 5.74) is -0.291. The third-order valence-electron chi connectivity index (χ3n) is 2.09. The molecule has 0 aliphatic heterocycles. The smallest absolute Gasteiger partial charge is 0.421 e. The first-order valence-electron chi connectivity index (χ1n) is 4.32. The average Bonchev–Trinajstić information content (AvgIpc) is 2.60. The Labute approximate surface area is 87.1 Å². The number of para-hydroxylation sites is 1. The zero-order chi connectivity index (χ0) is 11.9. The van der Waals surface area contributed by atoms with Crippen LogP contribution in [0.15, 0.2) is 28.7 Å². The minimum Gasteiger partial charge on any atom is -0.455 e. The average molecular weight is 234 g/mol. The highest BCUT2D eigenvalue weighted by molar-refractivity contribution is 5.78. The Kier molecular flexibility index (Phi) is 2.38. The molecule has 0 aliphatic carbocycles. The topological polar surface area (TPSA) is 33.4 Å². The second kappa shape index (κ2) is 3.48. The first-order valence-corrected chi connectivity index (χ1v) is 4.32. The molecule has 0 bridgehead atoms. The van der Waals surface area contributed by atoms with Crippen molar-refractivity contribution in [1.82, 2.24) is 0 Å². The highest BCUT2D eigenvalue weighted by atomic mass is 19.4. The van der Waals surface area contributed by atoms with E-state index >= 15 is 0 Å². The van der Waals surface area contributed by atoms with Gasteiger partial charge in [0.2, 0.25) is 6.10 Å². The molecule has 0 fully saturated rings. The molecule has 0 saturated heterocycles. The highest BCUT2D eigenvalue weighted by Gasteiger charge is 2.41. The van der Waals surface area contributed by atoms with Crippen LogP contribution >= 0.6 is 0 Å². The van der Waals surface area contributed by atoms with Crippen LogP contribution in [-0.4, -0.2) is 11.3 Å². The third-order valence-corrected chi connectivity index (χ3v) is 2.09. The van der Waals surface area contributed by atoms with Crippen LogP contribution in [0.4, 0.5) is 17.6 Å². The van der Waals surface area contributed by atoms with E-state index in [1.165, 1.54) is 12.1 Å². The van der Waals surface area contributed by atoms with Gasteiger partial charge in [0.05, 0.1) is 0 Å². The maximum Gasteiger partial charge on any atom is 0.421 e. The molecule has 0 unspecified atom stereocenters. The zero-order valence-electron chi connectivity index (χ0n) is 7.75. The highest BCUT2D eigenvalue weighted by Crippen LogP contribution is 2.35. The van der Waals surface area contributed by atoms with E-state index in [9.17, 15) is 17.6 Å². The number of fused-ring (bicyclic) bond motifs is 1. The fourth-order valence-corrected chi connectivity index (χ4v) is 1.34. The zero-order valence-corrected chi connectivity index (χ0v) is 7.75. The van der Waals surface area contributed by atoms with Gasteiger partial charge in [0.1, 0.15) is 5.76 Å². The number of benzene rings is 1. The third kappa shape index (κ3) is 1.76. The van der Waals surface area contributed by atoms with E-state index in [1.807, 2.05) is 0 Å². The summed E-state index contributed by atoms with van der Waals surface area (Å²) in [4.78, 5) is 0. The van der Waals surface area contributed by atoms with Gasteiger partial charge in [-0.3, -0.25) is 0 Å². The number of alkyl halides is 3. The number of furan rings is 1. The van der Waals surface area contributed by atoms with Gasteiger partial charge in [-0.15, -0.1) is 0 Å². The van der Waals surface area contributed by atoms with Crippen LogP contribution in [0.25, 0.3) is 11.0 Å². The molecule has 0 aliphatic rings.